The minimum Gasteiger partial charge on any atom is -0.508 e. The lowest BCUT2D eigenvalue weighted by molar-refractivity contribution is -0.108. The normalized spacial score (nSPS) is 12.5. The fourth-order valence-corrected chi connectivity index (χ4v) is 1.58. The van der Waals surface area contributed by atoms with Crippen LogP contribution in [0.15, 0.2) is 16.6 Å². The summed E-state index contributed by atoms with van der Waals surface area (Å²) in [6, 6.07) is 2.54. The van der Waals surface area contributed by atoms with Crippen molar-refractivity contribution in [3.05, 3.63) is 28.0 Å². The first-order chi connectivity index (χ1) is 6.56. The molecule has 76 valence electrons. The molecule has 0 aliphatic heterocycles. The third-order valence-electron chi connectivity index (χ3n) is 2.05. The highest BCUT2D eigenvalue weighted by atomic mass is 79.9. The molecule has 0 amide bonds. The van der Waals surface area contributed by atoms with Gasteiger partial charge in [0.05, 0.1) is 4.47 Å². The summed E-state index contributed by atoms with van der Waals surface area (Å²) in [7, 11) is 0. The van der Waals surface area contributed by atoms with Crippen molar-refractivity contribution in [2.45, 2.75) is 19.3 Å². The standard InChI is InChI=1S/C10H10BrFO2/c1-6(2-3-13)7-4-8(11)9(12)5-10(7)14/h3-6,14H,2H2,1H3. The molecule has 1 atom stereocenters. The van der Waals surface area contributed by atoms with Crippen molar-refractivity contribution >= 4 is 22.2 Å². The molecule has 4 heteroatoms. The zero-order valence-electron chi connectivity index (χ0n) is 7.63. The third-order valence-corrected chi connectivity index (χ3v) is 2.66. The molecule has 1 rings (SSSR count). The van der Waals surface area contributed by atoms with E-state index in [1.807, 2.05) is 0 Å². The number of hydrogen-bond donors (Lipinski definition) is 1. The van der Waals surface area contributed by atoms with Gasteiger partial charge in [-0.15, -0.1) is 0 Å². The van der Waals surface area contributed by atoms with Crippen molar-refractivity contribution in [1.82, 2.24) is 0 Å². The summed E-state index contributed by atoms with van der Waals surface area (Å²) in [5.41, 5.74) is 0.574. The van der Waals surface area contributed by atoms with E-state index in [-0.39, 0.29) is 11.7 Å². The fourth-order valence-electron chi connectivity index (χ4n) is 1.22. The van der Waals surface area contributed by atoms with Crippen LogP contribution in [0, 0.1) is 5.82 Å². The Morgan fingerprint density at radius 1 is 1.64 bits per heavy atom. The van der Waals surface area contributed by atoms with E-state index in [0.29, 0.717) is 16.5 Å². The number of phenols is 1. The van der Waals surface area contributed by atoms with Crippen molar-refractivity contribution in [3.8, 4) is 5.75 Å². The summed E-state index contributed by atoms with van der Waals surface area (Å²) in [6.07, 6.45) is 1.09. The molecule has 0 saturated carbocycles. The van der Waals surface area contributed by atoms with Crippen LogP contribution in [0.5, 0.6) is 5.75 Å². The Labute approximate surface area is 89.9 Å². The Hall–Kier alpha value is -0.900. The highest BCUT2D eigenvalue weighted by molar-refractivity contribution is 9.10. The number of rotatable bonds is 3. The van der Waals surface area contributed by atoms with Crippen LogP contribution in [0.25, 0.3) is 0 Å². The number of aromatic hydroxyl groups is 1. The zero-order chi connectivity index (χ0) is 10.7. The summed E-state index contributed by atoms with van der Waals surface area (Å²) >= 11 is 3.03. The Kier molecular flexibility index (Phi) is 3.63. The predicted molar refractivity (Wildman–Crippen MR) is 54.9 cm³/mol. The van der Waals surface area contributed by atoms with E-state index in [0.717, 1.165) is 12.4 Å². The second-order valence-electron chi connectivity index (χ2n) is 3.13. The van der Waals surface area contributed by atoms with Crippen molar-refractivity contribution in [3.63, 3.8) is 0 Å². The van der Waals surface area contributed by atoms with E-state index in [1.165, 1.54) is 6.07 Å². The van der Waals surface area contributed by atoms with Gasteiger partial charge in [-0.2, -0.15) is 0 Å². The molecule has 1 aromatic carbocycles. The molecule has 0 heterocycles. The van der Waals surface area contributed by atoms with Crippen LogP contribution in [-0.4, -0.2) is 11.4 Å². The monoisotopic (exact) mass is 260 g/mol. The summed E-state index contributed by atoms with van der Waals surface area (Å²) in [5.74, 6) is -0.728. The Morgan fingerprint density at radius 2 is 2.29 bits per heavy atom. The lowest BCUT2D eigenvalue weighted by atomic mass is 9.97. The lowest BCUT2D eigenvalue weighted by Gasteiger charge is -2.11. The first-order valence-electron chi connectivity index (χ1n) is 4.17. The van der Waals surface area contributed by atoms with Crippen LogP contribution >= 0.6 is 15.9 Å². The maximum absolute atomic E-state index is 12.9. The maximum atomic E-state index is 12.9. The topological polar surface area (TPSA) is 37.3 Å². The number of aldehydes is 1. The van der Waals surface area contributed by atoms with Gasteiger partial charge in [0, 0.05) is 12.5 Å². The average Bonchev–Trinajstić information content (AvgIpc) is 2.11. The van der Waals surface area contributed by atoms with Gasteiger partial charge in [0.15, 0.2) is 0 Å². The average molecular weight is 261 g/mol. The van der Waals surface area contributed by atoms with E-state index in [1.54, 1.807) is 6.92 Å². The third kappa shape index (κ3) is 2.32. The number of hydrogen-bond acceptors (Lipinski definition) is 2. The molecule has 0 radical (unpaired) electrons. The predicted octanol–water partition coefficient (Wildman–Crippen LogP) is 2.99. The van der Waals surface area contributed by atoms with Gasteiger partial charge in [-0.05, 0) is 33.5 Å². The van der Waals surface area contributed by atoms with Gasteiger partial charge in [0.1, 0.15) is 17.9 Å². The number of carbonyl (C=O) groups is 1. The second kappa shape index (κ2) is 4.55. The van der Waals surface area contributed by atoms with Gasteiger partial charge in [0.2, 0.25) is 0 Å². The van der Waals surface area contributed by atoms with Crippen molar-refractivity contribution in [1.29, 1.82) is 0 Å². The quantitative estimate of drug-likeness (QED) is 0.849. The van der Waals surface area contributed by atoms with Crippen LogP contribution in [-0.2, 0) is 4.79 Å². The van der Waals surface area contributed by atoms with Crippen LogP contribution in [0.2, 0.25) is 0 Å². The molecule has 2 nitrogen and oxygen atoms in total. The zero-order valence-corrected chi connectivity index (χ0v) is 9.21. The number of phenolic OH excluding ortho intramolecular Hbond substituents is 1. The Morgan fingerprint density at radius 3 is 2.86 bits per heavy atom. The number of carbonyl (C=O) groups excluding carboxylic acids is 1. The van der Waals surface area contributed by atoms with Crippen molar-refractivity contribution in [2.75, 3.05) is 0 Å². The van der Waals surface area contributed by atoms with Crippen LogP contribution in [0.3, 0.4) is 0 Å². The minimum absolute atomic E-state index is 0.107. The number of halogens is 2. The molecule has 14 heavy (non-hydrogen) atoms. The molecular formula is C10H10BrFO2. The van der Waals surface area contributed by atoms with E-state index < -0.39 is 5.82 Å². The first-order valence-corrected chi connectivity index (χ1v) is 4.97. The lowest BCUT2D eigenvalue weighted by Crippen LogP contribution is -1.96. The minimum atomic E-state index is -0.510. The van der Waals surface area contributed by atoms with Crippen molar-refractivity contribution < 1.29 is 14.3 Å². The van der Waals surface area contributed by atoms with E-state index in [9.17, 15) is 14.3 Å². The molecule has 1 aromatic rings. The fraction of sp³-hybridized carbons (Fsp3) is 0.300. The Bertz CT molecular complexity index is 352. The summed E-state index contributed by atoms with van der Waals surface area (Å²) in [4.78, 5) is 10.3. The summed E-state index contributed by atoms with van der Waals surface area (Å²) in [6.45, 7) is 1.80. The van der Waals surface area contributed by atoms with Crippen molar-refractivity contribution in [2.24, 2.45) is 0 Å². The highest BCUT2D eigenvalue weighted by Gasteiger charge is 2.13. The van der Waals surface area contributed by atoms with Crippen LogP contribution < -0.4 is 0 Å². The Balaban J connectivity index is 3.08. The van der Waals surface area contributed by atoms with Gasteiger partial charge in [0.25, 0.3) is 0 Å². The molecule has 0 fully saturated rings. The highest BCUT2D eigenvalue weighted by Crippen LogP contribution is 2.31. The smallest absolute Gasteiger partial charge is 0.141 e. The molecule has 0 bridgehead atoms. The van der Waals surface area contributed by atoms with E-state index in [2.05, 4.69) is 15.9 Å². The van der Waals surface area contributed by atoms with Gasteiger partial charge in [-0.3, -0.25) is 0 Å². The number of benzene rings is 1. The molecule has 1 N–H and O–H groups in total. The summed E-state index contributed by atoms with van der Waals surface area (Å²) in [5, 5.41) is 9.44. The largest absolute Gasteiger partial charge is 0.508 e. The van der Waals surface area contributed by atoms with Crippen LogP contribution in [0.4, 0.5) is 4.39 Å². The maximum Gasteiger partial charge on any atom is 0.141 e. The van der Waals surface area contributed by atoms with Gasteiger partial charge in [-0.1, -0.05) is 6.92 Å². The molecule has 0 saturated heterocycles. The van der Waals surface area contributed by atoms with E-state index in [4.69, 9.17) is 0 Å². The molecule has 0 spiro atoms. The molecule has 0 aromatic heterocycles. The first kappa shape index (κ1) is 11.2. The molecule has 0 aliphatic carbocycles. The SMILES string of the molecule is CC(CC=O)c1cc(Br)c(F)cc1O. The van der Waals surface area contributed by atoms with Gasteiger partial charge >= 0.3 is 0 Å². The summed E-state index contributed by atoms with van der Waals surface area (Å²) < 4.78 is 13.2. The van der Waals surface area contributed by atoms with Crippen LogP contribution in [0.1, 0.15) is 24.8 Å². The van der Waals surface area contributed by atoms with E-state index >= 15 is 0 Å². The second-order valence-corrected chi connectivity index (χ2v) is 3.98. The molecule has 0 aliphatic rings. The molecular weight excluding hydrogens is 251 g/mol. The molecule has 1 unspecified atom stereocenters. The van der Waals surface area contributed by atoms with Gasteiger partial charge in [-0.25, -0.2) is 4.39 Å². The van der Waals surface area contributed by atoms with Gasteiger partial charge < -0.3 is 9.90 Å².